The fourth-order valence-corrected chi connectivity index (χ4v) is 5.89. The Morgan fingerprint density at radius 2 is 1.76 bits per heavy atom. The second-order valence-electron chi connectivity index (χ2n) is 9.41. The molecule has 33 heavy (non-hydrogen) atoms. The van der Waals surface area contributed by atoms with Gasteiger partial charge in [-0.2, -0.15) is 8.42 Å². The van der Waals surface area contributed by atoms with Gasteiger partial charge >= 0.3 is 0 Å². The zero-order valence-corrected chi connectivity index (χ0v) is 19.8. The molecule has 0 saturated carbocycles. The van der Waals surface area contributed by atoms with Crippen LogP contribution in [0.4, 0.5) is 4.39 Å². The van der Waals surface area contributed by atoms with E-state index in [1.165, 1.54) is 11.1 Å². The second-order valence-corrected chi connectivity index (χ2v) is 11.1. The molecule has 0 amide bonds. The number of ether oxygens (including phenoxy) is 1. The minimum atomic E-state index is -3.39. The van der Waals surface area contributed by atoms with Crippen molar-refractivity contribution in [2.45, 2.75) is 31.0 Å². The Hall–Kier alpha value is -1.84. The summed E-state index contributed by atoms with van der Waals surface area (Å²) >= 11 is 0. The summed E-state index contributed by atoms with van der Waals surface area (Å²) in [5.74, 6) is 0.0326. The summed E-state index contributed by atoms with van der Waals surface area (Å²) in [6.45, 7) is 5.25. The maximum atomic E-state index is 14.2. The third-order valence-electron chi connectivity index (χ3n) is 7.10. The maximum Gasteiger partial charge on any atom is 0.264 e. The van der Waals surface area contributed by atoms with Crippen LogP contribution in [0.25, 0.3) is 0 Å². The van der Waals surface area contributed by atoms with Crippen molar-refractivity contribution >= 4 is 10.1 Å². The van der Waals surface area contributed by atoms with E-state index in [1.54, 1.807) is 12.1 Å². The minimum Gasteiger partial charge on any atom is -0.368 e. The molecule has 2 aromatic carbocycles. The highest BCUT2D eigenvalue weighted by molar-refractivity contribution is 7.85. The normalized spacial score (nSPS) is 25.8. The van der Waals surface area contributed by atoms with Gasteiger partial charge in [0.15, 0.2) is 0 Å². The van der Waals surface area contributed by atoms with E-state index in [-0.39, 0.29) is 30.5 Å². The third-order valence-corrected chi connectivity index (χ3v) is 7.70. The van der Waals surface area contributed by atoms with E-state index in [1.807, 2.05) is 6.07 Å². The smallest absolute Gasteiger partial charge is 0.264 e. The minimum absolute atomic E-state index is 0.0994. The van der Waals surface area contributed by atoms with E-state index in [0.29, 0.717) is 6.54 Å². The molecule has 0 spiro atoms. The zero-order chi connectivity index (χ0) is 23.0. The fraction of sp³-hybridized carbons (Fsp3) is 0.520. The molecule has 0 unspecified atom stereocenters. The molecule has 5 rings (SSSR count). The van der Waals surface area contributed by atoms with Gasteiger partial charge in [-0.05, 0) is 47.2 Å². The quantitative estimate of drug-likeness (QED) is 0.600. The van der Waals surface area contributed by atoms with Crippen LogP contribution in [-0.2, 0) is 25.5 Å². The maximum absolute atomic E-state index is 14.2. The molecule has 2 saturated heterocycles. The molecule has 3 atom stereocenters. The van der Waals surface area contributed by atoms with Gasteiger partial charge in [-0.15, -0.1) is 0 Å². The monoisotopic (exact) mass is 474 g/mol. The van der Waals surface area contributed by atoms with Gasteiger partial charge in [0.1, 0.15) is 5.82 Å². The van der Waals surface area contributed by atoms with Gasteiger partial charge in [-0.3, -0.25) is 14.0 Å². The standard InChI is InChI=1S/C25H31FN2O4S/c1-33(29,30)31-13-12-27-8-10-28(11-9-27)17-21-16-24-22-5-3-2-4-18(22)14-19-6-7-20(26)15-23(19)25(24)32-21/h2-7,15,21,24-25H,8-14,16-17H2,1H3/t21-,24-,25+/m1/s1. The van der Waals surface area contributed by atoms with E-state index in [9.17, 15) is 12.8 Å². The van der Waals surface area contributed by atoms with Gasteiger partial charge in [-0.1, -0.05) is 30.3 Å². The van der Waals surface area contributed by atoms with Crippen LogP contribution in [0, 0.1) is 5.82 Å². The van der Waals surface area contributed by atoms with Gasteiger partial charge in [-0.25, -0.2) is 4.39 Å². The lowest BCUT2D eigenvalue weighted by molar-refractivity contribution is 0.00820. The Morgan fingerprint density at radius 1 is 1.03 bits per heavy atom. The highest BCUT2D eigenvalue weighted by Crippen LogP contribution is 2.49. The first-order chi connectivity index (χ1) is 15.9. The van der Waals surface area contributed by atoms with Gasteiger partial charge in [0, 0.05) is 45.2 Å². The number of halogens is 1. The first-order valence-corrected chi connectivity index (χ1v) is 13.5. The highest BCUT2D eigenvalue weighted by Gasteiger charge is 2.41. The van der Waals surface area contributed by atoms with Gasteiger partial charge < -0.3 is 4.74 Å². The van der Waals surface area contributed by atoms with Crippen molar-refractivity contribution in [2.75, 3.05) is 52.1 Å². The average molecular weight is 475 g/mol. The van der Waals surface area contributed by atoms with Crippen LogP contribution in [0.15, 0.2) is 42.5 Å². The molecule has 3 aliphatic rings. The first-order valence-electron chi connectivity index (χ1n) is 11.7. The summed E-state index contributed by atoms with van der Waals surface area (Å²) in [6.07, 6.45) is 2.82. The molecule has 6 nitrogen and oxygen atoms in total. The summed E-state index contributed by atoms with van der Waals surface area (Å²) in [7, 11) is -3.39. The Balaban J connectivity index is 1.23. The Morgan fingerprint density at radius 3 is 2.55 bits per heavy atom. The summed E-state index contributed by atoms with van der Waals surface area (Å²) < 4.78 is 47.9. The molecule has 0 N–H and O–H groups in total. The summed E-state index contributed by atoms with van der Waals surface area (Å²) in [5, 5.41) is 0. The van der Waals surface area contributed by atoms with E-state index in [0.717, 1.165) is 62.9 Å². The Bertz CT molecular complexity index is 1100. The highest BCUT2D eigenvalue weighted by atomic mass is 32.2. The number of benzene rings is 2. The first kappa shape index (κ1) is 22.9. The topological polar surface area (TPSA) is 59.1 Å². The molecule has 8 heteroatoms. The van der Waals surface area contributed by atoms with Crippen molar-refractivity contribution in [3.05, 3.63) is 70.5 Å². The van der Waals surface area contributed by atoms with E-state index in [4.69, 9.17) is 8.92 Å². The Labute approximate surface area is 195 Å². The van der Waals surface area contributed by atoms with E-state index >= 15 is 0 Å². The predicted molar refractivity (Wildman–Crippen MR) is 124 cm³/mol. The second kappa shape index (κ2) is 9.43. The van der Waals surface area contributed by atoms with Gasteiger partial charge in [0.05, 0.1) is 25.1 Å². The summed E-state index contributed by atoms with van der Waals surface area (Å²) in [6, 6.07) is 13.7. The summed E-state index contributed by atoms with van der Waals surface area (Å²) in [5.41, 5.74) is 4.79. The van der Waals surface area contributed by atoms with Crippen LogP contribution in [0.3, 0.4) is 0 Å². The molecule has 2 heterocycles. The van der Waals surface area contributed by atoms with E-state index < -0.39 is 10.1 Å². The van der Waals surface area contributed by atoms with Crippen molar-refractivity contribution < 1.29 is 21.7 Å². The largest absolute Gasteiger partial charge is 0.368 e. The lowest BCUT2D eigenvalue weighted by Crippen LogP contribution is -2.49. The van der Waals surface area contributed by atoms with Gasteiger partial charge in [0.25, 0.3) is 10.1 Å². The van der Waals surface area contributed by atoms with Gasteiger partial charge in [0.2, 0.25) is 0 Å². The molecular formula is C25H31FN2O4S. The van der Waals surface area contributed by atoms with Crippen LogP contribution in [0.1, 0.15) is 40.7 Å². The summed E-state index contributed by atoms with van der Waals surface area (Å²) in [4.78, 5) is 4.65. The van der Waals surface area contributed by atoms with Crippen molar-refractivity contribution in [1.29, 1.82) is 0 Å². The number of fused-ring (bicyclic) bond motifs is 5. The lowest BCUT2D eigenvalue weighted by Gasteiger charge is -2.35. The van der Waals surface area contributed by atoms with Crippen molar-refractivity contribution in [1.82, 2.24) is 9.80 Å². The average Bonchev–Trinajstić information content (AvgIpc) is 3.14. The number of hydrogen-bond donors (Lipinski definition) is 0. The molecule has 0 bridgehead atoms. The molecule has 2 aromatic rings. The number of piperazine rings is 1. The molecule has 0 radical (unpaired) electrons. The molecule has 2 fully saturated rings. The number of nitrogens with zero attached hydrogens (tertiary/aromatic N) is 2. The van der Waals surface area contributed by atoms with Crippen LogP contribution >= 0.6 is 0 Å². The van der Waals surface area contributed by atoms with E-state index in [2.05, 4.69) is 34.1 Å². The molecule has 1 aliphatic carbocycles. The van der Waals surface area contributed by atoms with Crippen LogP contribution in [-0.4, -0.2) is 76.5 Å². The molecule has 178 valence electrons. The Kier molecular flexibility index (Phi) is 6.55. The number of rotatable bonds is 6. The molecular weight excluding hydrogens is 443 g/mol. The van der Waals surface area contributed by atoms with Crippen LogP contribution in [0.2, 0.25) is 0 Å². The fourth-order valence-electron chi connectivity index (χ4n) is 5.52. The van der Waals surface area contributed by atoms with Crippen LogP contribution in [0.5, 0.6) is 0 Å². The SMILES string of the molecule is CS(=O)(=O)OCCN1CCN(C[C@H]2C[C@@H]3c4ccccc4Cc4ccc(F)cc4[C@@H]3O2)CC1. The molecule has 2 aliphatic heterocycles. The third kappa shape index (κ3) is 5.30. The zero-order valence-electron chi connectivity index (χ0n) is 19.0. The molecule has 0 aromatic heterocycles. The van der Waals surface area contributed by atoms with Crippen molar-refractivity contribution in [3.8, 4) is 0 Å². The number of hydrogen-bond acceptors (Lipinski definition) is 6. The van der Waals surface area contributed by atoms with Crippen molar-refractivity contribution in [2.24, 2.45) is 0 Å². The lowest BCUT2D eigenvalue weighted by atomic mass is 9.87. The van der Waals surface area contributed by atoms with Crippen LogP contribution < -0.4 is 0 Å². The van der Waals surface area contributed by atoms with Crippen molar-refractivity contribution in [3.63, 3.8) is 0 Å². The predicted octanol–water partition coefficient (Wildman–Crippen LogP) is 2.94.